The molecule has 2 N–H and O–H groups in total. The molecule has 8 heteroatoms. The lowest BCUT2D eigenvalue weighted by Gasteiger charge is -2.12. The first-order valence-electron chi connectivity index (χ1n) is 8.47. The fourth-order valence-corrected chi connectivity index (χ4v) is 2.40. The van der Waals surface area contributed by atoms with Gasteiger partial charge < -0.3 is 33.9 Å². The van der Waals surface area contributed by atoms with Gasteiger partial charge in [0, 0.05) is 12.1 Å². The van der Waals surface area contributed by atoms with Crippen LogP contribution in [0.15, 0.2) is 42.5 Å². The van der Waals surface area contributed by atoms with Gasteiger partial charge in [-0.1, -0.05) is 6.07 Å². The van der Waals surface area contributed by atoms with E-state index in [4.69, 9.17) is 23.7 Å². The molecule has 0 bridgehead atoms. The molecule has 3 rings (SSSR count). The largest absolute Gasteiger partial charge is 0.504 e. The second-order valence-electron chi connectivity index (χ2n) is 5.87. The molecule has 0 unspecified atom stereocenters. The molecule has 0 fully saturated rings. The summed E-state index contributed by atoms with van der Waals surface area (Å²) in [6, 6.07) is 9.73. The Labute approximate surface area is 161 Å². The Bertz CT molecular complexity index is 861. The highest BCUT2D eigenvalue weighted by Gasteiger charge is 2.15. The first-order chi connectivity index (χ1) is 13.5. The van der Waals surface area contributed by atoms with E-state index in [1.165, 1.54) is 25.3 Å². The standard InChI is InChI=1S/C20H20O8/c1-24-18-8-13(2-5-16(18)22)3-7-20(23)26-11-14(21)10-25-15-4-6-17-19(9-15)28-12-27-17/h2-9,14,21-22H,10-12H2,1H3/b7-3+/t14-/m1/s1. The zero-order valence-corrected chi connectivity index (χ0v) is 15.2. The van der Waals surface area contributed by atoms with E-state index in [9.17, 15) is 15.0 Å². The fraction of sp³-hybridized carbons (Fsp3) is 0.250. The van der Waals surface area contributed by atoms with Crippen molar-refractivity contribution >= 4 is 12.0 Å². The number of phenols is 1. The van der Waals surface area contributed by atoms with E-state index in [1.54, 1.807) is 30.3 Å². The minimum absolute atomic E-state index is 0.00723. The number of hydrogen-bond acceptors (Lipinski definition) is 8. The molecule has 2 aromatic rings. The summed E-state index contributed by atoms with van der Waals surface area (Å²) >= 11 is 0. The van der Waals surface area contributed by atoms with Gasteiger partial charge in [-0.2, -0.15) is 0 Å². The molecule has 1 heterocycles. The molecule has 0 spiro atoms. The van der Waals surface area contributed by atoms with Crippen LogP contribution in [-0.2, 0) is 9.53 Å². The average Bonchev–Trinajstić information content (AvgIpc) is 3.18. The van der Waals surface area contributed by atoms with Gasteiger partial charge in [0.1, 0.15) is 25.1 Å². The topological polar surface area (TPSA) is 104 Å². The van der Waals surface area contributed by atoms with Gasteiger partial charge in [0.05, 0.1) is 7.11 Å². The number of phenolic OH excluding ortho intramolecular Hbond substituents is 1. The van der Waals surface area contributed by atoms with Crippen LogP contribution in [0, 0.1) is 0 Å². The number of fused-ring (bicyclic) bond motifs is 1. The predicted molar refractivity (Wildman–Crippen MR) is 98.7 cm³/mol. The Hall–Kier alpha value is -3.39. The third-order valence-electron chi connectivity index (χ3n) is 3.82. The van der Waals surface area contributed by atoms with Crippen molar-refractivity contribution < 1.29 is 38.7 Å². The van der Waals surface area contributed by atoms with Crippen LogP contribution in [0.25, 0.3) is 6.08 Å². The summed E-state index contributed by atoms with van der Waals surface area (Å²) in [5.74, 6) is 1.42. The first kappa shape index (κ1) is 19.4. The lowest BCUT2D eigenvalue weighted by molar-refractivity contribution is -0.141. The number of aliphatic hydroxyl groups is 1. The normalized spacial score (nSPS) is 13.4. The highest BCUT2D eigenvalue weighted by molar-refractivity contribution is 5.87. The first-order valence-corrected chi connectivity index (χ1v) is 8.47. The number of methoxy groups -OCH3 is 1. The summed E-state index contributed by atoms with van der Waals surface area (Å²) in [6.45, 7) is -0.0970. The second-order valence-corrected chi connectivity index (χ2v) is 5.87. The highest BCUT2D eigenvalue weighted by atomic mass is 16.7. The van der Waals surface area contributed by atoms with Crippen molar-refractivity contribution in [3.8, 4) is 28.7 Å². The number of carbonyl (C=O) groups is 1. The number of aliphatic hydroxyl groups excluding tert-OH is 1. The molecule has 1 aliphatic rings. The fourth-order valence-electron chi connectivity index (χ4n) is 2.40. The SMILES string of the molecule is COc1cc(/C=C/C(=O)OC[C@H](O)COc2ccc3c(c2)OCO3)ccc1O. The van der Waals surface area contributed by atoms with E-state index >= 15 is 0 Å². The Morgan fingerprint density at radius 3 is 2.82 bits per heavy atom. The van der Waals surface area contributed by atoms with E-state index in [1.807, 2.05) is 0 Å². The number of ether oxygens (including phenoxy) is 5. The predicted octanol–water partition coefficient (Wildman–Crippen LogP) is 2.13. The maximum absolute atomic E-state index is 11.8. The van der Waals surface area contributed by atoms with Crippen molar-refractivity contribution in [3.05, 3.63) is 48.0 Å². The van der Waals surface area contributed by atoms with Crippen LogP contribution in [0.1, 0.15) is 5.56 Å². The van der Waals surface area contributed by atoms with Gasteiger partial charge in [-0.15, -0.1) is 0 Å². The minimum Gasteiger partial charge on any atom is -0.504 e. The van der Waals surface area contributed by atoms with Crippen molar-refractivity contribution in [1.29, 1.82) is 0 Å². The Kier molecular flexibility index (Phi) is 6.23. The van der Waals surface area contributed by atoms with E-state index in [0.717, 1.165) is 0 Å². The summed E-state index contributed by atoms with van der Waals surface area (Å²) in [5.41, 5.74) is 0.651. The zero-order chi connectivity index (χ0) is 19.9. The smallest absolute Gasteiger partial charge is 0.330 e. The van der Waals surface area contributed by atoms with Crippen molar-refractivity contribution in [3.63, 3.8) is 0 Å². The average molecular weight is 388 g/mol. The van der Waals surface area contributed by atoms with Crippen LogP contribution in [0.2, 0.25) is 0 Å². The molecule has 0 saturated heterocycles. The molecule has 0 amide bonds. The maximum Gasteiger partial charge on any atom is 0.330 e. The number of hydrogen-bond donors (Lipinski definition) is 2. The summed E-state index contributed by atoms with van der Waals surface area (Å²) in [5, 5.41) is 19.5. The number of rotatable bonds is 8. The zero-order valence-electron chi connectivity index (χ0n) is 15.2. The molecular formula is C20H20O8. The van der Waals surface area contributed by atoms with E-state index in [0.29, 0.717) is 28.6 Å². The van der Waals surface area contributed by atoms with Crippen LogP contribution in [0.3, 0.4) is 0 Å². The third-order valence-corrected chi connectivity index (χ3v) is 3.82. The van der Waals surface area contributed by atoms with Gasteiger partial charge in [0.2, 0.25) is 6.79 Å². The lowest BCUT2D eigenvalue weighted by atomic mass is 10.2. The Morgan fingerprint density at radius 1 is 1.18 bits per heavy atom. The molecule has 148 valence electrons. The number of carbonyl (C=O) groups excluding carboxylic acids is 1. The van der Waals surface area contributed by atoms with Gasteiger partial charge in [-0.25, -0.2) is 4.79 Å². The van der Waals surface area contributed by atoms with Crippen LogP contribution < -0.4 is 18.9 Å². The lowest BCUT2D eigenvalue weighted by Crippen LogP contribution is -2.24. The van der Waals surface area contributed by atoms with Crippen LogP contribution >= 0.6 is 0 Å². The third kappa shape index (κ3) is 5.08. The maximum atomic E-state index is 11.8. The molecule has 1 aliphatic heterocycles. The summed E-state index contributed by atoms with van der Waals surface area (Å²) in [4.78, 5) is 11.8. The van der Waals surface area contributed by atoms with Gasteiger partial charge in [-0.3, -0.25) is 0 Å². The number of aromatic hydroxyl groups is 1. The molecule has 0 aromatic heterocycles. The minimum atomic E-state index is -0.989. The molecule has 0 aliphatic carbocycles. The number of esters is 1. The number of benzene rings is 2. The summed E-state index contributed by atoms with van der Waals surface area (Å²) in [7, 11) is 1.43. The van der Waals surface area contributed by atoms with E-state index in [2.05, 4.69) is 0 Å². The van der Waals surface area contributed by atoms with E-state index < -0.39 is 12.1 Å². The molecule has 8 nitrogen and oxygen atoms in total. The molecule has 2 aromatic carbocycles. The van der Waals surface area contributed by atoms with Crippen LogP contribution in [0.4, 0.5) is 0 Å². The second kappa shape index (κ2) is 9.01. The van der Waals surface area contributed by atoms with Gasteiger partial charge >= 0.3 is 5.97 Å². The monoisotopic (exact) mass is 388 g/mol. The molecule has 1 atom stereocenters. The quantitative estimate of drug-likeness (QED) is 0.524. The van der Waals surface area contributed by atoms with Gasteiger partial charge in [0.25, 0.3) is 0 Å². The molecule has 28 heavy (non-hydrogen) atoms. The van der Waals surface area contributed by atoms with Crippen molar-refractivity contribution in [1.82, 2.24) is 0 Å². The van der Waals surface area contributed by atoms with Crippen molar-refractivity contribution in [2.24, 2.45) is 0 Å². The van der Waals surface area contributed by atoms with Gasteiger partial charge in [0.15, 0.2) is 23.0 Å². The van der Waals surface area contributed by atoms with Gasteiger partial charge in [-0.05, 0) is 35.9 Å². The van der Waals surface area contributed by atoms with Crippen LogP contribution in [-0.4, -0.2) is 49.4 Å². The van der Waals surface area contributed by atoms with Crippen LogP contribution in [0.5, 0.6) is 28.7 Å². The summed E-state index contributed by atoms with van der Waals surface area (Å²) in [6.07, 6.45) is 1.74. The molecule has 0 radical (unpaired) electrons. The van der Waals surface area contributed by atoms with Crippen molar-refractivity contribution in [2.75, 3.05) is 27.1 Å². The highest BCUT2D eigenvalue weighted by Crippen LogP contribution is 2.35. The van der Waals surface area contributed by atoms with Crippen molar-refractivity contribution in [2.45, 2.75) is 6.10 Å². The Morgan fingerprint density at radius 2 is 2.00 bits per heavy atom. The molecular weight excluding hydrogens is 368 g/mol. The molecule has 0 saturated carbocycles. The summed E-state index contributed by atoms with van der Waals surface area (Å²) < 4.78 is 25.9. The Balaban J connectivity index is 1.42. The van der Waals surface area contributed by atoms with E-state index in [-0.39, 0.29) is 25.8 Å².